The van der Waals surface area contributed by atoms with Crippen LogP contribution in [-0.2, 0) is 26.1 Å². The number of carbonyl (C=O) groups excluding carboxylic acids is 1. The number of nitrogens with zero attached hydrogens (tertiary/aromatic N) is 1. The summed E-state index contributed by atoms with van der Waals surface area (Å²) in [7, 11) is -4.21. The van der Waals surface area contributed by atoms with E-state index in [-0.39, 0.29) is 11.4 Å². The smallest absolute Gasteiger partial charge is 0.325 e. The molecular formula is C25H32FNO5S. The molecule has 0 aromatic heterocycles. The zero-order valence-electron chi connectivity index (χ0n) is 19.6. The second kappa shape index (κ2) is 11.4. The van der Waals surface area contributed by atoms with Crippen LogP contribution < -0.4 is 4.74 Å². The van der Waals surface area contributed by atoms with E-state index in [1.54, 1.807) is 63.2 Å². The minimum atomic E-state index is -4.21. The largest absolute Gasteiger partial charge is 0.494 e. The highest BCUT2D eigenvalue weighted by Gasteiger charge is 2.39. The van der Waals surface area contributed by atoms with Crippen molar-refractivity contribution in [3.05, 3.63) is 72.6 Å². The highest BCUT2D eigenvalue weighted by atomic mass is 32.2. The lowest BCUT2D eigenvalue weighted by Gasteiger charge is -2.31. The second-order valence-electron chi connectivity index (χ2n) is 8.63. The molecule has 0 spiro atoms. The van der Waals surface area contributed by atoms with Crippen LogP contribution in [0.1, 0.15) is 46.1 Å². The minimum absolute atomic E-state index is 0.0414. The molecule has 0 bridgehead atoms. The molecule has 0 radical (unpaired) electrons. The van der Waals surface area contributed by atoms with Crippen molar-refractivity contribution in [2.24, 2.45) is 0 Å². The van der Waals surface area contributed by atoms with Crippen LogP contribution in [0.3, 0.4) is 0 Å². The Labute approximate surface area is 196 Å². The number of rotatable bonds is 11. The highest BCUT2D eigenvalue weighted by molar-refractivity contribution is 7.89. The summed E-state index contributed by atoms with van der Waals surface area (Å²) >= 11 is 0. The molecule has 0 saturated heterocycles. The van der Waals surface area contributed by atoms with Crippen molar-refractivity contribution in [1.29, 1.82) is 0 Å². The summed E-state index contributed by atoms with van der Waals surface area (Å²) in [6.45, 7) is 10.6. The Balaban J connectivity index is 2.52. The van der Waals surface area contributed by atoms with E-state index in [9.17, 15) is 17.6 Å². The van der Waals surface area contributed by atoms with E-state index in [2.05, 4.69) is 6.58 Å². The normalized spacial score (nSPS) is 12.9. The van der Waals surface area contributed by atoms with Crippen molar-refractivity contribution in [2.45, 2.75) is 63.6 Å². The Bertz CT molecular complexity index is 1030. The van der Waals surface area contributed by atoms with Gasteiger partial charge in [-0.05, 0) is 57.0 Å². The molecule has 2 rings (SSSR count). The average Bonchev–Trinajstić information content (AvgIpc) is 2.74. The topological polar surface area (TPSA) is 72.9 Å². The molecule has 33 heavy (non-hydrogen) atoms. The third kappa shape index (κ3) is 7.98. The molecule has 0 unspecified atom stereocenters. The lowest BCUT2D eigenvalue weighted by atomic mass is 10.1. The van der Waals surface area contributed by atoms with Crippen LogP contribution in [0.2, 0.25) is 0 Å². The molecule has 0 amide bonds. The lowest BCUT2D eigenvalue weighted by molar-refractivity contribution is -0.159. The number of ether oxygens (including phenoxy) is 2. The average molecular weight is 478 g/mol. The number of halogens is 1. The summed E-state index contributed by atoms with van der Waals surface area (Å²) in [5.74, 6) is -1.13. The van der Waals surface area contributed by atoms with Gasteiger partial charge in [0.1, 0.15) is 17.4 Å². The molecule has 0 saturated carbocycles. The summed E-state index contributed by atoms with van der Waals surface area (Å²) in [5.41, 5.74) is -0.241. The van der Waals surface area contributed by atoms with E-state index >= 15 is 0 Å². The van der Waals surface area contributed by atoms with Gasteiger partial charge in [0.05, 0.1) is 17.3 Å². The zero-order chi connectivity index (χ0) is 24.6. The van der Waals surface area contributed by atoms with Crippen LogP contribution in [0.5, 0.6) is 5.75 Å². The Morgan fingerprint density at radius 3 is 2.21 bits per heavy atom. The molecule has 2 aromatic carbocycles. The summed E-state index contributed by atoms with van der Waals surface area (Å²) in [6.07, 6.45) is 0.300. The first-order valence-electron chi connectivity index (χ1n) is 10.8. The van der Waals surface area contributed by atoms with Gasteiger partial charge in [-0.15, -0.1) is 0 Å². The lowest BCUT2D eigenvalue weighted by Crippen LogP contribution is -2.47. The first kappa shape index (κ1) is 26.5. The molecule has 8 heteroatoms. The van der Waals surface area contributed by atoms with Crippen molar-refractivity contribution >= 4 is 16.0 Å². The molecule has 0 fully saturated rings. The SMILES string of the molecule is C=C(F)C[C@@H](C(=O)OC(C)(C)C)N(Cc1ccccc1)S(=O)(=O)c1ccc(OCCC)cc1. The molecule has 1 atom stereocenters. The van der Waals surface area contributed by atoms with Crippen LogP contribution in [0.4, 0.5) is 4.39 Å². The van der Waals surface area contributed by atoms with Crippen LogP contribution in [0.15, 0.2) is 71.9 Å². The maximum absolute atomic E-state index is 14.0. The van der Waals surface area contributed by atoms with Crippen molar-refractivity contribution in [3.8, 4) is 5.75 Å². The predicted octanol–water partition coefficient (Wildman–Crippen LogP) is 5.25. The molecule has 2 aromatic rings. The fourth-order valence-corrected chi connectivity index (χ4v) is 4.64. The van der Waals surface area contributed by atoms with Gasteiger partial charge in [0.2, 0.25) is 10.0 Å². The van der Waals surface area contributed by atoms with E-state index in [1.165, 1.54) is 12.1 Å². The Hall–Kier alpha value is -2.71. The van der Waals surface area contributed by atoms with Gasteiger partial charge in [-0.1, -0.05) is 43.8 Å². The summed E-state index contributed by atoms with van der Waals surface area (Å²) in [4.78, 5) is 13.0. The van der Waals surface area contributed by atoms with E-state index in [4.69, 9.17) is 9.47 Å². The van der Waals surface area contributed by atoms with Gasteiger partial charge in [-0.25, -0.2) is 12.8 Å². The monoisotopic (exact) mass is 477 g/mol. The Kier molecular flexibility index (Phi) is 9.19. The Morgan fingerprint density at radius 2 is 1.70 bits per heavy atom. The second-order valence-corrected chi connectivity index (χ2v) is 10.5. The maximum Gasteiger partial charge on any atom is 0.325 e. The quantitative estimate of drug-likeness (QED) is 0.413. The highest BCUT2D eigenvalue weighted by Crippen LogP contribution is 2.27. The van der Waals surface area contributed by atoms with Crippen molar-refractivity contribution in [1.82, 2.24) is 4.31 Å². The molecule has 0 aliphatic heterocycles. The van der Waals surface area contributed by atoms with Crippen molar-refractivity contribution in [2.75, 3.05) is 6.61 Å². The van der Waals surface area contributed by atoms with Crippen molar-refractivity contribution in [3.63, 3.8) is 0 Å². The summed E-state index contributed by atoms with van der Waals surface area (Å²) in [5, 5.41) is 0. The van der Waals surface area contributed by atoms with Crippen LogP contribution in [-0.4, -0.2) is 36.9 Å². The number of benzene rings is 2. The van der Waals surface area contributed by atoms with Crippen LogP contribution >= 0.6 is 0 Å². The first-order valence-corrected chi connectivity index (χ1v) is 12.2. The molecule has 0 aliphatic carbocycles. The van der Waals surface area contributed by atoms with E-state index < -0.39 is 39.9 Å². The predicted molar refractivity (Wildman–Crippen MR) is 126 cm³/mol. The van der Waals surface area contributed by atoms with Gasteiger partial charge in [0.25, 0.3) is 0 Å². The number of esters is 1. The summed E-state index contributed by atoms with van der Waals surface area (Å²) < 4.78 is 53.3. The number of sulfonamides is 1. The van der Waals surface area contributed by atoms with Gasteiger partial charge in [-0.3, -0.25) is 4.79 Å². The van der Waals surface area contributed by atoms with Crippen molar-refractivity contribution < 1.29 is 27.1 Å². The standard InChI is InChI=1S/C25H32FNO5S/c1-6-16-31-21-12-14-22(15-13-21)33(29,30)27(18-20-10-8-7-9-11-20)23(17-19(2)26)24(28)32-25(3,4)5/h7-15,23H,2,6,16-18H2,1,3-5H3/t23-/m0/s1. The molecule has 0 N–H and O–H groups in total. The molecular weight excluding hydrogens is 445 g/mol. The van der Waals surface area contributed by atoms with Gasteiger partial charge < -0.3 is 9.47 Å². The fraction of sp³-hybridized carbons (Fsp3) is 0.400. The van der Waals surface area contributed by atoms with E-state index in [0.717, 1.165) is 10.7 Å². The first-order chi connectivity index (χ1) is 15.4. The van der Waals surface area contributed by atoms with Gasteiger partial charge in [0, 0.05) is 13.0 Å². The number of carbonyl (C=O) groups is 1. The Morgan fingerprint density at radius 1 is 1.09 bits per heavy atom. The van der Waals surface area contributed by atoms with Gasteiger partial charge >= 0.3 is 5.97 Å². The zero-order valence-corrected chi connectivity index (χ0v) is 20.4. The van der Waals surface area contributed by atoms with E-state index in [0.29, 0.717) is 17.9 Å². The van der Waals surface area contributed by atoms with Crippen LogP contribution in [0.25, 0.3) is 0 Å². The number of hydrogen-bond acceptors (Lipinski definition) is 5. The number of hydrogen-bond donors (Lipinski definition) is 0. The summed E-state index contributed by atoms with van der Waals surface area (Å²) in [6, 6.07) is 13.3. The van der Waals surface area contributed by atoms with Crippen LogP contribution in [0, 0.1) is 0 Å². The van der Waals surface area contributed by atoms with E-state index in [1.807, 2.05) is 6.92 Å². The molecule has 180 valence electrons. The third-order valence-electron chi connectivity index (χ3n) is 4.53. The molecule has 6 nitrogen and oxygen atoms in total. The maximum atomic E-state index is 14.0. The third-order valence-corrected chi connectivity index (χ3v) is 6.39. The van der Waals surface area contributed by atoms with Gasteiger partial charge in [-0.2, -0.15) is 4.31 Å². The van der Waals surface area contributed by atoms with Gasteiger partial charge in [0.15, 0.2) is 0 Å². The minimum Gasteiger partial charge on any atom is -0.494 e. The molecule has 0 aliphatic rings. The fourth-order valence-electron chi connectivity index (χ4n) is 3.07. The molecule has 0 heterocycles.